The maximum absolute atomic E-state index is 14.1. The fourth-order valence-electron chi connectivity index (χ4n) is 2.55. The molecule has 0 spiro atoms. The van der Waals surface area contributed by atoms with Crippen molar-refractivity contribution >= 4 is 28.2 Å². The zero-order valence-electron chi connectivity index (χ0n) is 12.5. The Morgan fingerprint density at radius 2 is 1.61 bits per heavy atom. The summed E-state index contributed by atoms with van der Waals surface area (Å²) >= 11 is 0. The second kappa shape index (κ2) is 5.96. The molecule has 0 aliphatic carbocycles. The second-order valence-electron chi connectivity index (χ2n) is 5.00. The summed E-state index contributed by atoms with van der Waals surface area (Å²) in [5.41, 5.74) is 5.97. The third-order valence-corrected chi connectivity index (χ3v) is 3.60. The number of amides is 2. The number of carbonyl (C=O) groups is 1. The minimum atomic E-state index is -0.788. The Labute approximate surface area is 132 Å². The molecule has 5 heteroatoms. The van der Waals surface area contributed by atoms with Crippen molar-refractivity contribution in [3.05, 3.63) is 66.5 Å². The van der Waals surface area contributed by atoms with Crippen LogP contribution < -0.4 is 15.4 Å². The van der Waals surface area contributed by atoms with Crippen molar-refractivity contribution in [1.29, 1.82) is 0 Å². The highest BCUT2D eigenvalue weighted by molar-refractivity contribution is 6.02. The average molecular weight is 310 g/mol. The van der Waals surface area contributed by atoms with E-state index in [0.29, 0.717) is 11.4 Å². The molecule has 0 aliphatic rings. The third-order valence-electron chi connectivity index (χ3n) is 3.60. The number of primary amides is 1. The zero-order chi connectivity index (χ0) is 16.4. The number of carbonyl (C=O) groups excluding carboxylic acids is 1. The number of urea groups is 1. The number of methoxy groups -OCH3 is 1. The predicted octanol–water partition coefficient (Wildman–Crippen LogP) is 4.20. The molecule has 0 unspecified atom stereocenters. The molecule has 0 saturated carbocycles. The summed E-state index contributed by atoms with van der Waals surface area (Å²) in [5.74, 6) is -0.104. The SMILES string of the molecule is COc1cc2ccccc2cc1N(C(N)=O)c1ccccc1F. The van der Waals surface area contributed by atoms with E-state index in [4.69, 9.17) is 10.5 Å². The summed E-state index contributed by atoms with van der Waals surface area (Å²) < 4.78 is 19.5. The summed E-state index contributed by atoms with van der Waals surface area (Å²) in [4.78, 5) is 13.1. The Bertz CT molecular complexity index is 880. The van der Waals surface area contributed by atoms with Gasteiger partial charge in [-0.25, -0.2) is 9.18 Å². The predicted molar refractivity (Wildman–Crippen MR) is 88.6 cm³/mol. The molecular weight excluding hydrogens is 295 g/mol. The number of anilines is 2. The van der Waals surface area contributed by atoms with Gasteiger partial charge in [-0.05, 0) is 35.0 Å². The fraction of sp³-hybridized carbons (Fsp3) is 0.0556. The van der Waals surface area contributed by atoms with Crippen LogP contribution in [0.15, 0.2) is 60.7 Å². The molecule has 3 aromatic rings. The monoisotopic (exact) mass is 310 g/mol. The molecule has 0 fully saturated rings. The fourth-order valence-corrected chi connectivity index (χ4v) is 2.55. The molecule has 4 nitrogen and oxygen atoms in total. The van der Waals surface area contributed by atoms with Crippen LogP contribution in [-0.2, 0) is 0 Å². The van der Waals surface area contributed by atoms with Gasteiger partial charge < -0.3 is 10.5 Å². The standard InChI is InChI=1S/C18H15FN2O2/c1-23-17-11-13-7-3-2-6-12(13)10-16(17)21(18(20)22)15-9-5-4-8-14(15)19/h2-11H,1H3,(H2,20,22). The van der Waals surface area contributed by atoms with Gasteiger partial charge >= 0.3 is 6.03 Å². The van der Waals surface area contributed by atoms with Gasteiger partial charge in [0, 0.05) is 0 Å². The molecule has 0 radical (unpaired) electrons. The highest BCUT2D eigenvalue weighted by Gasteiger charge is 2.22. The van der Waals surface area contributed by atoms with Crippen LogP contribution in [0.5, 0.6) is 5.75 Å². The lowest BCUT2D eigenvalue weighted by Crippen LogP contribution is -2.32. The molecule has 3 rings (SSSR count). The van der Waals surface area contributed by atoms with Gasteiger partial charge in [-0.15, -0.1) is 0 Å². The van der Waals surface area contributed by atoms with Crippen LogP contribution in [0.25, 0.3) is 10.8 Å². The Kier molecular flexibility index (Phi) is 3.85. The van der Waals surface area contributed by atoms with Gasteiger partial charge in [0.1, 0.15) is 11.6 Å². The summed E-state index contributed by atoms with van der Waals surface area (Å²) in [7, 11) is 1.49. The molecule has 0 aromatic heterocycles. The lowest BCUT2D eigenvalue weighted by molar-refractivity contribution is 0.255. The van der Waals surface area contributed by atoms with Crippen LogP contribution in [0.1, 0.15) is 0 Å². The maximum Gasteiger partial charge on any atom is 0.324 e. The minimum absolute atomic E-state index is 0.0774. The zero-order valence-corrected chi connectivity index (χ0v) is 12.5. The first-order valence-corrected chi connectivity index (χ1v) is 7.02. The molecule has 0 aliphatic heterocycles. The Morgan fingerprint density at radius 3 is 2.22 bits per heavy atom. The molecule has 3 aromatic carbocycles. The van der Waals surface area contributed by atoms with E-state index in [0.717, 1.165) is 15.7 Å². The van der Waals surface area contributed by atoms with E-state index in [1.165, 1.54) is 19.2 Å². The number of halogens is 1. The third kappa shape index (κ3) is 2.68. The van der Waals surface area contributed by atoms with Gasteiger partial charge in [0.15, 0.2) is 0 Å². The van der Waals surface area contributed by atoms with Crippen molar-refractivity contribution in [3.63, 3.8) is 0 Å². The first-order chi connectivity index (χ1) is 11.1. The number of nitrogens with zero attached hydrogens (tertiary/aromatic N) is 1. The molecular formula is C18H15FN2O2. The van der Waals surface area contributed by atoms with E-state index in [2.05, 4.69) is 0 Å². The first-order valence-electron chi connectivity index (χ1n) is 7.02. The first kappa shape index (κ1) is 14.8. The van der Waals surface area contributed by atoms with Crippen LogP contribution in [0.2, 0.25) is 0 Å². The molecule has 0 heterocycles. The van der Waals surface area contributed by atoms with E-state index < -0.39 is 11.8 Å². The van der Waals surface area contributed by atoms with Crippen LogP contribution in [0.3, 0.4) is 0 Å². The van der Waals surface area contributed by atoms with Gasteiger partial charge in [-0.2, -0.15) is 0 Å². The summed E-state index contributed by atoms with van der Waals surface area (Å²) in [6.07, 6.45) is 0. The van der Waals surface area contributed by atoms with E-state index in [-0.39, 0.29) is 5.69 Å². The van der Waals surface area contributed by atoms with Crippen LogP contribution >= 0.6 is 0 Å². The summed E-state index contributed by atoms with van der Waals surface area (Å²) in [6.45, 7) is 0. The number of para-hydroxylation sites is 1. The number of hydrogen-bond acceptors (Lipinski definition) is 2. The second-order valence-corrected chi connectivity index (χ2v) is 5.00. The quantitative estimate of drug-likeness (QED) is 0.788. The molecule has 0 atom stereocenters. The molecule has 23 heavy (non-hydrogen) atoms. The molecule has 0 bridgehead atoms. The molecule has 116 valence electrons. The van der Waals surface area contributed by atoms with Gasteiger partial charge in [0.25, 0.3) is 0 Å². The topological polar surface area (TPSA) is 55.6 Å². The number of fused-ring (bicyclic) bond motifs is 1. The van der Waals surface area contributed by atoms with Crippen LogP contribution in [0, 0.1) is 5.82 Å². The van der Waals surface area contributed by atoms with Crippen LogP contribution in [-0.4, -0.2) is 13.1 Å². The number of rotatable bonds is 3. The molecule has 2 N–H and O–H groups in total. The van der Waals surface area contributed by atoms with Gasteiger partial charge in [-0.3, -0.25) is 4.90 Å². The van der Waals surface area contributed by atoms with Crippen molar-refractivity contribution in [3.8, 4) is 5.75 Å². The van der Waals surface area contributed by atoms with E-state index >= 15 is 0 Å². The lowest BCUT2D eigenvalue weighted by atomic mass is 10.1. The van der Waals surface area contributed by atoms with Crippen molar-refractivity contribution in [2.45, 2.75) is 0 Å². The highest BCUT2D eigenvalue weighted by atomic mass is 19.1. The van der Waals surface area contributed by atoms with E-state index in [9.17, 15) is 9.18 Å². The van der Waals surface area contributed by atoms with Gasteiger partial charge in [0.2, 0.25) is 0 Å². The lowest BCUT2D eigenvalue weighted by Gasteiger charge is -2.23. The molecule has 0 saturated heterocycles. The highest BCUT2D eigenvalue weighted by Crippen LogP contribution is 2.37. The summed E-state index contributed by atoms with van der Waals surface area (Å²) in [6, 6.07) is 16.3. The van der Waals surface area contributed by atoms with Crippen molar-refractivity contribution in [2.24, 2.45) is 5.73 Å². The van der Waals surface area contributed by atoms with Crippen molar-refractivity contribution < 1.29 is 13.9 Å². The van der Waals surface area contributed by atoms with E-state index in [1.807, 2.05) is 24.3 Å². The van der Waals surface area contributed by atoms with Crippen molar-refractivity contribution in [1.82, 2.24) is 0 Å². The Morgan fingerprint density at radius 1 is 1.00 bits per heavy atom. The number of hydrogen-bond donors (Lipinski definition) is 1. The Hall–Kier alpha value is -3.08. The van der Waals surface area contributed by atoms with Crippen LogP contribution in [0.4, 0.5) is 20.6 Å². The average Bonchev–Trinajstić information content (AvgIpc) is 2.56. The largest absolute Gasteiger partial charge is 0.495 e. The smallest absolute Gasteiger partial charge is 0.324 e. The normalized spacial score (nSPS) is 10.5. The van der Waals surface area contributed by atoms with Gasteiger partial charge in [0.05, 0.1) is 18.5 Å². The van der Waals surface area contributed by atoms with Crippen molar-refractivity contribution in [2.75, 3.05) is 12.0 Å². The summed E-state index contributed by atoms with van der Waals surface area (Å²) in [5, 5.41) is 1.84. The number of nitrogens with two attached hydrogens (primary N) is 1. The van der Waals surface area contributed by atoms with E-state index in [1.54, 1.807) is 24.3 Å². The molecule has 2 amide bonds. The number of benzene rings is 3. The minimum Gasteiger partial charge on any atom is -0.495 e. The number of ether oxygens (including phenoxy) is 1. The maximum atomic E-state index is 14.1. The Balaban J connectivity index is 2.26. The van der Waals surface area contributed by atoms with Gasteiger partial charge in [-0.1, -0.05) is 36.4 Å².